The summed E-state index contributed by atoms with van der Waals surface area (Å²) in [5.74, 6) is 3.21. The zero-order valence-electron chi connectivity index (χ0n) is 61.3. The summed E-state index contributed by atoms with van der Waals surface area (Å²) >= 11 is 11.9. The Morgan fingerprint density at radius 2 is 0.905 bits per heavy atom. The summed E-state index contributed by atoms with van der Waals surface area (Å²) in [5.41, 5.74) is 19.1. The molecule has 6 aromatic rings. The smallest absolute Gasteiger partial charge is 0.255 e. The third-order valence-electron chi connectivity index (χ3n) is 18.3. The number of Topliss-reactive ketones (excluding diaryl/α,β-unsaturated/α-hetero) is 1. The number of nitrogens with zero attached hydrogens (tertiary/aromatic N) is 4. The number of rotatable bonds is 30. The highest BCUT2D eigenvalue weighted by atomic mass is 35.5. The Morgan fingerprint density at radius 3 is 1.32 bits per heavy atom. The maximum atomic E-state index is 12.9. The molecule has 580 valence electrons. The van der Waals surface area contributed by atoms with Crippen LogP contribution in [-0.2, 0) is 35.2 Å². The van der Waals surface area contributed by atoms with Crippen LogP contribution in [0.25, 0.3) is 0 Å². The van der Waals surface area contributed by atoms with Crippen LogP contribution in [-0.4, -0.2) is 221 Å². The Balaban J connectivity index is 0.000000212. The van der Waals surface area contributed by atoms with Crippen molar-refractivity contribution in [1.29, 1.82) is 0 Å². The molecule has 0 saturated carbocycles. The number of carbonyl (C=O) groups excluding carboxylic acids is 2. The summed E-state index contributed by atoms with van der Waals surface area (Å²) < 4.78 is 106. The topological polar surface area (TPSA) is 259 Å². The highest BCUT2D eigenvalue weighted by Gasteiger charge is 2.32. The molecule has 7 atom stereocenters. The standard InChI is InChI=1S/C23H29ClFN3O4.C16H24FNO2.C15H23FN2O2.C15H20FNO3.C8H10ClNO3/c1-30-21-13-19(26)18(24)12-17(21)23(29)27-20-8-10-28(14-22(20)31-2)9-3-11-32-16-6-4-15(25)5-7-16;1-13-8-10-18(12-16(13)19-2)9-3-11-20-15-6-4-14(17)5-7-15;1-19-15-11-18(9-7-14(15)17)8-2-10-20-13-5-3-12(16)4-6-13;1-19-15-11-17(9-7-14(15)18)8-2-10-20-13-5-3-12(16)4-6-13;1-12-8-3-7(10)6(9)2-5(8)4-13-11/h4-7,12-13,20,22H,3,8-11,14,26H2,1-2H3,(H,27,29);4-7,13,16H,3,8-12H2,1-2H3;3-6,14-15H,2,7-11,17H2,1H3;3-6,15H,2,7-11H2,1H3;2-3,11H,4,10H2,1H3. The van der Waals surface area contributed by atoms with Crippen molar-refractivity contribution in [3.05, 3.63) is 166 Å². The van der Waals surface area contributed by atoms with E-state index in [-0.39, 0.29) is 72.0 Å². The van der Waals surface area contributed by atoms with Crippen molar-refractivity contribution >= 4 is 46.3 Å². The largest absolute Gasteiger partial charge is 0.496 e. The number of hydrogen-bond donors (Lipinski definition) is 5. The van der Waals surface area contributed by atoms with Gasteiger partial charge in [-0.15, -0.1) is 0 Å². The summed E-state index contributed by atoms with van der Waals surface area (Å²) in [6.45, 7) is 15.4. The molecule has 6 aromatic carbocycles. The second-order valence-electron chi connectivity index (χ2n) is 25.7. The number of likely N-dealkylation sites (tertiary alicyclic amines) is 4. The molecule has 28 heteroatoms. The second kappa shape index (κ2) is 47.4. The first-order valence-corrected chi connectivity index (χ1v) is 36.1. The third kappa shape index (κ3) is 30.8. The number of benzene rings is 6. The van der Waals surface area contributed by atoms with Gasteiger partial charge in [-0.2, -0.15) is 0 Å². The number of halogens is 6. The first-order valence-electron chi connectivity index (χ1n) is 35.3. The number of ether oxygens (including phenoxy) is 10. The van der Waals surface area contributed by atoms with Gasteiger partial charge in [-0.05, 0) is 173 Å². The van der Waals surface area contributed by atoms with E-state index in [9.17, 15) is 27.2 Å². The molecule has 105 heavy (non-hydrogen) atoms. The second-order valence-corrected chi connectivity index (χ2v) is 26.5. The van der Waals surface area contributed by atoms with Gasteiger partial charge in [0.15, 0.2) is 5.78 Å². The highest BCUT2D eigenvalue weighted by Crippen LogP contribution is 2.31. The Bertz CT molecular complexity index is 3380. The SMILES string of the molecule is COC1CN(CCCOc2ccc(F)cc2)CCC1=O.COC1CN(CCCOc2ccc(F)cc2)CCC1C.COC1CN(CCCOc2ccc(F)cc2)CCC1N.COc1cc(N)c(Cl)cc1C(=O)NC1CCN(CCCOc2ccc(F)cc2)CC1OC.COc1cc(N)c(Cl)cc1COO. The van der Waals surface area contributed by atoms with Crippen LogP contribution >= 0.6 is 23.2 Å². The number of ketones is 1. The van der Waals surface area contributed by atoms with E-state index in [4.69, 9.17) is 93.0 Å². The molecule has 7 unspecified atom stereocenters. The molecule has 4 aliphatic heterocycles. The van der Waals surface area contributed by atoms with Gasteiger partial charge in [-0.3, -0.25) is 19.7 Å². The minimum absolute atomic E-state index is 0.0170. The molecule has 0 aromatic heterocycles. The lowest BCUT2D eigenvalue weighted by Crippen LogP contribution is -2.55. The molecule has 4 saturated heterocycles. The van der Waals surface area contributed by atoms with Gasteiger partial charge in [0.1, 0.15) is 70.5 Å². The molecule has 0 aliphatic carbocycles. The molecule has 4 fully saturated rings. The minimum atomic E-state index is -0.290. The Labute approximate surface area is 625 Å². The van der Waals surface area contributed by atoms with Crippen LogP contribution < -0.4 is 50.9 Å². The first kappa shape index (κ1) is 86.6. The van der Waals surface area contributed by atoms with Crippen LogP contribution in [0.5, 0.6) is 34.5 Å². The molecule has 4 heterocycles. The summed E-state index contributed by atoms with van der Waals surface area (Å²) in [5, 5.41) is 12.0. The van der Waals surface area contributed by atoms with Crippen molar-refractivity contribution < 1.29 is 84.7 Å². The predicted octanol–water partition coefficient (Wildman–Crippen LogP) is 11.8. The van der Waals surface area contributed by atoms with Crippen molar-refractivity contribution in [1.82, 2.24) is 24.9 Å². The molecular formula is C77H106Cl2F4N8O14. The number of carbonyl (C=O) groups is 2. The fourth-order valence-electron chi connectivity index (χ4n) is 12.1. The minimum Gasteiger partial charge on any atom is -0.496 e. The molecule has 22 nitrogen and oxygen atoms in total. The third-order valence-corrected chi connectivity index (χ3v) is 18.9. The number of anilines is 2. The number of hydrogen-bond acceptors (Lipinski definition) is 21. The quantitative estimate of drug-likeness (QED) is 0.00923. The van der Waals surface area contributed by atoms with Gasteiger partial charge in [0, 0.05) is 124 Å². The number of piperidine rings is 4. The van der Waals surface area contributed by atoms with E-state index in [1.165, 1.54) is 75.2 Å². The van der Waals surface area contributed by atoms with Crippen molar-refractivity contribution in [3.63, 3.8) is 0 Å². The van der Waals surface area contributed by atoms with E-state index in [0.717, 1.165) is 110 Å². The molecule has 4 aliphatic rings. The van der Waals surface area contributed by atoms with Crippen LogP contribution in [0.2, 0.25) is 10.0 Å². The van der Waals surface area contributed by atoms with Gasteiger partial charge in [-0.1, -0.05) is 30.1 Å². The van der Waals surface area contributed by atoms with Crippen molar-refractivity contribution in [2.45, 2.75) is 101 Å². The maximum absolute atomic E-state index is 12.9. The normalized spacial score (nSPS) is 19.9. The van der Waals surface area contributed by atoms with Crippen molar-refractivity contribution in [2.75, 3.05) is 159 Å². The summed E-state index contributed by atoms with van der Waals surface area (Å²) in [6, 6.07) is 30.5. The zero-order chi connectivity index (χ0) is 76.0. The van der Waals surface area contributed by atoms with Crippen LogP contribution in [0.1, 0.15) is 74.2 Å². The van der Waals surface area contributed by atoms with Crippen molar-refractivity contribution in [3.8, 4) is 34.5 Å². The fraction of sp³-hybridized carbons (Fsp3) is 0.506. The molecule has 10 rings (SSSR count). The van der Waals surface area contributed by atoms with Gasteiger partial charge in [0.2, 0.25) is 0 Å². The Morgan fingerprint density at radius 1 is 0.514 bits per heavy atom. The summed E-state index contributed by atoms with van der Waals surface area (Å²) in [6.07, 6.45) is 7.09. The average molecular weight is 1510 g/mol. The zero-order valence-corrected chi connectivity index (χ0v) is 62.8. The van der Waals surface area contributed by atoms with Crippen molar-refractivity contribution in [2.24, 2.45) is 11.7 Å². The first-order chi connectivity index (χ1) is 50.6. The number of nitrogens with two attached hydrogens (primary N) is 3. The van der Waals surface area contributed by atoms with E-state index in [2.05, 4.69) is 36.7 Å². The number of methoxy groups -OCH3 is 6. The van der Waals surface area contributed by atoms with Gasteiger partial charge in [-0.25, -0.2) is 22.4 Å². The van der Waals surface area contributed by atoms with E-state index in [1.807, 2.05) is 0 Å². The monoisotopic (exact) mass is 1510 g/mol. The molecular weight excluding hydrogens is 1410 g/mol. The Hall–Kier alpha value is -7.28. The maximum Gasteiger partial charge on any atom is 0.255 e. The fourth-order valence-corrected chi connectivity index (χ4v) is 12.4. The average Bonchev–Trinajstić information content (AvgIpc) is 0.816. The number of amides is 1. The predicted molar refractivity (Wildman–Crippen MR) is 399 cm³/mol. The molecule has 0 radical (unpaired) electrons. The lowest BCUT2D eigenvalue weighted by molar-refractivity contribution is -0.253. The lowest BCUT2D eigenvalue weighted by Gasteiger charge is -2.38. The van der Waals surface area contributed by atoms with E-state index < -0.39 is 0 Å². The van der Waals surface area contributed by atoms with Gasteiger partial charge in [0.05, 0.1) is 92.0 Å². The molecule has 0 bridgehead atoms. The van der Waals surface area contributed by atoms with E-state index in [1.54, 1.807) is 95.2 Å². The number of nitrogens with one attached hydrogen (secondary N) is 1. The van der Waals surface area contributed by atoms with E-state index in [0.29, 0.717) is 119 Å². The van der Waals surface area contributed by atoms with Gasteiger partial charge in [0.25, 0.3) is 5.91 Å². The molecule has 0 spiro atoms. The highest BCUT2D eigenvalue weighted by molar-refractivity contribution is 6.33. The van der Waals surface area contributed by atoms with Crippen LogP contribution in [0.3, 0.4) is 0 Å². The van der Waals surface area contributed by atoms with Crippen LogP contribution in [0.15, 0.2) is 121 Å². The van der Waals surface area contributed by atoms with Crippen LogP contribution in [0, 0.1) is 29.2 Å². The lowest BCUT2D eigenvalue weighted by atomic mass is 9.96. The molecule has 1 amide bonds. The number of nitrogen functional groups attached to an aromatic ring is 2. The van der Waals surface area contributed by atoms with Gasteiger partial charge < -0.3 is 84.6 Å². The van der Waals surface area contributed by atoms with Gasteiger partial charge >= 0.3 is 0 Å². The Kier molecular flexibility index (Phi) is 39.1. The summed E-state index contributed by atoms with van der Waals surface area (Å²) in [7, 11) is 9.71. The van der Waals surface area contributed by atoms with Crippen LogP contribution in [0.4, 0.5) is 28.9 Å². The molecule has 8 N–H and O–H groups in total. The van der Waals surface area contributed by atoms with E-state index >= 15 is 0 Å². The summed E-state index contributed by atoms with van der Waals surface area (Å²) in [4.78, 5) is 37.6.